The summed E-state index contributed by atoms with van der Waals surface area (Å²) in [5, 5.41) is 3.77. The highest BCUT2D eigenvalue weighted by molar-refractivity contribution is 5.72. The summed E-state index contributed by atoms with van der Waals surface area (Å²) in [5.41, 5.74) is 0.187. The number of hydrogen-bond acceptors (Lipinski definition) is 4. The second-order valence-electron chi connectivity index (χ2n) is 7.03. The first kappa shape index (κ1) is 16.8. The zero-order chi connectivity index (χ0) is 15.5. The first-order valence-corrected chi connectivity index (χ1v) is 8.53. The molecule has 21 heavy (non-hydrogen) atoms. The molecule has 0 aromatic rings. The summed E-state index contributed by atoms with van der Waals surface area (Å²) in [6.07, 6.45) is 5.63. The normalized spacial score (nSPS) is 35.0. The van der Waals surface area contributed by atoms with Crippen molar-refractivity contribution in [1.82, 2.24) is 5.32 Å². The quantitative estimate of drug-likeness (QED) is 0.766. The van der Waals surface area contributed by atoms with E-state index in [-0.39, 0.29) is 17.3 Å². The Balaban J connectivity index is 1.82. The highest BCUT2D eigenvalue weighted by atomic mass is 16.5. The van der Waals surface area contributed by atoms with Crippen LogP contribution in [0.25, 0.3) is 0 Å². The third-order valence-corrected chi connectivity index (χ3v) is 5.28. The van der Waals surface area contributed by atoms with E-state index in [1.165, 1.54) is 6.42 Å². The Hall–Kier alpha value is -0.610. The lowest BCUT2D eigenvalue weighted by Gasteiger charge is -2.53. The first-order chi connectivity index (χ1) is 9.98. The zero-order valence-corrected chi connectivity index (χ0v) is 14.0. The highest BCUT2D eigenvalue weighted by Gasteiger charge is 2.49. The van der Waals surface area contributed by atoms with Crippen molar-refractivity contribution in [3.63, 3.8) is 0 Å². The third-order valence-electron chi connectivity index (χ3n) is 5.28. The van der Waals surface area contributed by atoms with E-state index >= 15 is 0 Å². The van der Waals surface area contributed by atoms with Gasteiger partial charge in [-0.1, -0.05) is 20.3 Å². The Morgan fingerprint density at radius 3 is 2.57 bits per heavy atom. The van der Waals surface area contributed by atoms with Gasteiger partial charge >= 0.3 is 5.97 Å². The molecule has 1 N–H and O–H groups in total. The largest absolute Gasteiger partial charge is 0.466 e. The molecule has 122 valence electrons. The molecule has 0 aliphatic heterocycles. The van der Waals surface area contributed by atoms with E-state index in [4.69, 9.17) is 9.47 Å². The van der Waals surface area contributed by atoms with Crippen LogP contribution in [0.2, 0.25) is 0 Å². The standard InChI is InChI=1S/C17H31NO3/c1-5-20-15-11-14(17(15,3)4)18-13-9-7-8-12(10-13)16(19)21-6-2/h12-15,18H,5-11H2,1-4H3. The maximum Gasteiger partial charge on any atom is 0.308 e. The van der Waals surface area contributed by atoms with Crippen LogP contribution in [-0.4, -0.2) is 37.4 Å². The fourth-order valence-corrected chi connectivity index (χ4v) is 3.75. The van der Waals surface area contributed by atoms with Crippen molar-refractivity contribution in [3.05, 3.63) is 0 Å². The Morgan fingerprint density at radius 1 is 1.19 bits per heavy atom. The van der Waals surface area contributed by atoms with Gasteiger partial charge in [0.15, 0.2) is 0 Å². The highest BCUT2D eigenvalue weighted by Crippen LogP contribution is 2.43. The molecule has 2 aliphatic carbocycles. The van der Waals surface area contributed by atoms with E-state index in [2.05, 4.69) is 26.1 Å². The molecule has 0 aromatic carbocycles. The molecule has 0 spiro atoms. The lowest BCUT2D eigenvalue weighted by molar-refractivity contribution is -0.150. The number of carbonyl (C=O) groups is 1. The second kappa shape index (κ2) is 7.10. The van der Waals surface area contributed by atoms with E-state index in [1.807, 2.05) is 6.92 Å². The van der Waals surface area contributed by atoms with Crippen LogP contribution < -0.4 is 5.32 Å². The van der Waals surface area contributed by atoms with Crippen molar-refractivity contribution in [3.8, 4) is 0 Å². The molecule has 4 nitrogen and oxygen atoms in total. The SMILES string of the molecule is CCOC(=O)C1CCCC(NC2CC(OCC)C2(C)C)C1. The topological polar surface area (TPSA) is 47.6 Å². The molecule has 0 heterocycles. The fraction of sp³-hybridized carbons (Fsp3) is 0.941. The molecule has 2 rings (SSSR count). The number of hydrogen-bond donors (Lipinski definition) is 1. The molecule has 4 heteroatoms. The maximum absolute atomic E-state index is 11.9. The lowest BCUT2D eigenvalue weighted by Crippen LogP contribution is -2.63. The molecule has 0 radical (unpaired) electrons. The Bertz CT molecular complexity index is 356. The van der Waals surface area contributed by atoms with Crippen LogP contribution >= 0.6 is 0 Å². The van der Waals surface area contributed by atoms with Gasteiger partial charge in [-0.25, -0.2) is 0 Å². The van der Waals surface area contributed by atoms with E-state index in [0.717, 1.165) is 32.3 Å². The van der Waals surface area contributed by atoms with E-state index in [0.29, 0.717) is 24.8 Å². The first-order valence-electron chi connectivity index (χ1n) is 8.53. The molecule has 2 saturated carbocycles. The number of nitrogens with one attached hydrogen (secondary N) is 1. The smallest absolute Gasteiger partial charge is 0.308 e. The van der Waals surface area contributed by atoms with Gasteiger partial charge < -0.3 is 14.8 Å². The van der Waals surface area contributed by atoms with E-state index < -0.39 is 0 Å². The molecule has 0 bridgehead atoms. The predicted molar refractivity (Wildman–Crippen MR) is 83.1 cm³/mol. The third kappa shape index (κ3) is 3.78. The van der Waals surface area contributed by atoms with Crippen LogP contribution in [0.15, 0.2) is 0 Å². The monoisotopic (exact) mass is 297 g/mol. The summed E-state index contributed by atoms with van der Waals surface area (Å²) in [6.45, 7) is 9.76. The van der Waals surface area contributed by atoms with Gasteiger partial charge in [-0.15, -0.1) is 0 Å². The Labute approximate surface area is 129 Å². The van der Waals surface area contributed by atoms with Crippen molar-refractivity contribution in [2.45, 2.75) is 78.0 Å². The summed E-state index contributed by atoms with van der Waals surface area (Å²) < 4.78 is 11.0. The predicted octanol–water partition coefficient (Wildman–Crippen LogP) is 2.90. The lowest BCUT2D eigenvalue weighted by atomic mass is 9.64. The van der Waals surface area contributed by atoms with Gasteiger partial charge in [0, 0.05) is 24.1 Å². The van der Waals surface area contributed by atoms with Gasteiger partial charge in [0.05, 0.1) is 18.6 Å². The van der Waals surface area contributed by atoms with Crippen LogP contribution in [0.1, 0.15) is 59.8 Å². The summed E-state index contributed by atoms with van der Waals surface area (Å²) in [7, 11) is 0. The van der Waals surface area contributed by atoms with Gasteiger partial charge in [-0.3, -0.25) is 4.79 Å². The van der Waals surface area contributed by atoms with Gasteiger partial charge in [-0.2, -0.15) is 0 Å². The van der Waals surface area contributed by atoms with Crippen molar-refractivity contribution in [1.29, 1.82) is 0 Å². The van der Waals surface area contributed by atoms with Crippen LogP contribution in [0.3, 0.4) is 0 Å². The molecular weight excluding hydrogens is 266 g/mol. The van der Waals surface area contributed by atoms with Gasteiger partial charge in [0.1, 0.15) is 0 Å². The van der Waals surface area contributed by atoms with Crippen LogP contribution in [0.5, 0.6) is 0 Å². The molecular formula is C17H31NO3. The second-order valence-corrected chi connectivity index (χ2v) is 7.03. The zero-order valence-electron chi connectivity index (χ0n) is 14.0. The Morgan fingerprint density at radius 2 is 1.95 bits per heavy atom. The van der Waals surface area contributed by atoms with E-state index in [1.54, 1.807) is 0 Å². The Kier molecular flexibility index (Phi) is 5.67. The van der Waals surface area contributed by atoms with E-state index in [9.17, 15) is 4.79 Å². The minimum absolute atomic E-state index is 0.0101. The molecule has 2 fully saturated rings. The average Bonchev–Trinajstić information content (AvgIpc) is 2.47. The number of carbonyl (C=O) groups excluding carboxylic acids is 1. The van der Waals surface area contributed by atoms with Gasteiger partial charge in [0.25, 0.3) is 0 Å². The summed E-state index contributed by atoms with van der Waals surface area (Å²) >= 11 is 0. The fourth-order valence-electron chi connectivity index (χ4n) is 3.75. The molecule has 0 saturated heterocycles. The summed E-state index contributed by atoms with van der Waals surface area (Å²) in [6, 6.07) is 0.944. The molecule has 0 aromatic heterocycles. The average molecular weight is 297 g/mol. The van der Waals surface area contributed by atoms with Gasteiger partial charge in [-0.05, 0) is 39.5 Å². The van der Waals surface area contributed by atoms with Crippen molar-refractivity contribution >= 4 is 5.97 Å². The molecule has 4 atom stereocenters. The van der Waals surface area contributed by atoms with Crippen molar-refractivity contribution < 1.29 is 14.3 Å². The summed E-state index contributed by atoms with van der Waals surface area (Å²) in [4.78, 5) is 11.9. The van der Waals surface area contributed by atoms with Crippen LogP contribution in [0.4, 0.5) is 0 Å². The number of esters is 1. The molecule has 0 amide bonds. The van der Waals surface area contributed by atoms with Crippen LogP contribution in [0, 0.1) is 11.3 Å². The minimum Gasteiger partial charge on any atom is -0.466 e. The number of ether oxygens (including phenoxy) is 2. The molecule has 4 unspecified atom stereocenters. The molecule has 2 aliphatic rings. The summed E-state index contributed by atoms with van der Waals surface area (Å²) in [5.74, 6) is 0.0751. The number of rotatable bonds is 6. The van der Waals surface area contributed by atoms with Crippen molar-refractivity contribution in [2.24, 2.45) is 11.3 Å². The maximum atomic E-state index is 11.9. The minimum atomic E-state index is -0.0101. The van der Waals surface area contributed by atoms with Gasteiger partial charge in [0.2, 0.25) is 0 Å². The van der Waals surface area contributed by atoms with Crippen LogP contribution in [-0.2, 0) is 14.3 Å². The van der Waals surface area contributed by atoms with Crippen molar-refractivity contribution in [2.75, 3.05) is 13.2 Å².